The van der Waals surface area contributed by atoms with Crippen molar-refractivity contribution in [2.45, 2.75) is 26.2 Å². The number of carbonyl (C=O) groups is 1. The first-order valence-electron chi connectivity index (χ1n) is 8.36. The second kappa shape index (κ2) is 7.64. The van der Waals surface area contributed by atoms with Crippen LogP contribution >= 0.6 is 23.1 Å². The molecule has 0 radical (unpaired) electrons. The molecule has 0 saturated heterocycles. The lowest BCUT2D eigenvalue weighted by molar-refractivity contribution is -0.133. The number of aromatic nitrogens is 1. The number of thioether (sulfide) groups is 1. The Morgan fingerprint density at radius 3 is 2.46 bits per heavy atom. The third kappa shape index (κ3) is 4.54. The van der Waals surface area contributed by atoms with E-state index >= 15 is 0 Å². The SMILES string of the molecule is CC(C)(C)c1ccc(/C=C(\SCC(=O)O)c2nc3ccccc3s2)cc1. The van der Waals surface area contributed by atoms with Crippen molar-refractivity contribution < 1.29 is 9.90 Å². The van der Waals surface area contributed by atoms with E-state index in [9.17, 15) is 4.79 Å². The quantitative estimate of drug-likeness (QED) is 0.595. The van der Waals surface area contributed by atoms with E-state index in [0.717, 1.165) is 25.7 Å². The molecule has 3 rings (SSSR count). The molecule has 3 nitrogen and oxygen atoms in total. The first-order chi connectivity index (χ1) is 12.3. The van der Waals surface area contributed by atoms with Crippen LogP contribution in [0.2, 0.25) is 0 Å². The Morgan fingerprint density at radius 1 is 1.15 bits per heavy atom. The smallest absolute Gasteiger partial charge is 0.313 e. The Balaban J connectivity index is 1.97. The van der Waals surface area contributed by atoms with Gasteiger partial charge in [-0.05, 0) is 34.8 Å². The molecule has 1 aromatic heterocycles. The second-order valence-electron chi connectivity index (χ2n) is 7.05. The molecule has 0 atom stereocenters. The van der Waals surface area contributed by atoms with Crippen LogP contribution in [-0.2, 0) is 10.2 Å². The second-order valence-corrected chi connectivity index (χ2v) is 9.10. The first kappa shape index (κ1) is 18.7. The van der Waals surface area contributed by atoms with Gasteiger partial charge in [0.05, 0.1) is 16.0 Å². The third-order valence-corrected chi connectivity index (χ3v) is 6.14. The fraction of sp³-hybridized carbons (Fsp3) is 0.238. The van der Waals surface area contributed by atoms with Gasteiger partial charge < -0.3 is 5.11 Å². The number of rotatable bonds is 5. The van der Waals surface area contributed by atoms with E-state index in [1.54, 1.807) is 11.3 Å². The molecular formula is C21H21NO2S2. The average molecular weight is 384 g/mol. The van der Waals surface area contributed by atoms with Crippen molar-refractivity contribution in [1.82, 2.24) is 4.98 Å². The van der Waals surface area contributed by atoms with Gasteiger partial charge >= 0.3 is 5.97 Å². The number of hydrogen-bond donors (Lipinski definition) is 1. The summed E-state index contributed by atoms with van der Waals surface area (Å²) in [6.07, 6.45) is 2.03. The van der Waals surface area contributed by atoms with Crippen LogP contribution in [0.25, 0.3) is 21.2 Å². The number of carboxylic acids is 1. The zero-order valence-electron chi connectivity index (χ0n) is 15.0. The molecule has 0 fully saturated rings. The van der Waals surface area contributed by atoms with E-state index in [0.29, 0.717) is 0 Å². The summed E-state index contributed by atoms with van der Waals surface area (Å²) in [6, 6.07) is 16.4. The lowest BCUT2D eigenvalue weighted by Gasteiger charge is -2.18. The zero-order chi connectivity index (χ0) is 18.7. The molecule has 26 heavy (non-hydrogen) atoms. The standard InChI is InChI=1S/C21H21NO2S2/c1-21(2,3)15-10-8-14(9-11-15)12-18(25-13-19(23)24)20-22-16-6-4-5-7-17(16)26-20/h4-12H,13H2,1-3H3,(H,23,24)/b18-12-. The van der Waals surface area contributed by atoms with E-state index < -0.39 is 5.97 Å². The van der Waals surface area contributed by atoms with Crippen LogP contribution in [0, 0.1) is 0 Å². The monoisotopic (exact) mass is 383 g/mol. The van der Waals surface area contributed by atoms with Crippen molar-refractivity contribution in [3.63, 3.8) is 0 Å². The fourth-order valence-electron chi connectivity index (χ4n) is 2.51. The van der Waals surface area contributed by atoms with Gasteiger partial charge in [-0.1, -0.05) is 57.2 Å². The number of fused-ring (bicyclic) bond motifs is 1. The number of nitrogens with zero attached hydrogens (tertiary/aromatic N) is 1. The lowest BCUT2D eigenvalue weighted by Crippen LogP contribution is -2.10. The van der Waals surface area contributed by atoms with Crippen LogP contribution in [0.5, 0.6) is 0 Å². The summed E-state index contributed by atoms with van der Waals surface area (Å²) in [7, 11) is 0. The van der Waals surface area contributed by atoms with E-state index in [1.807, 2.05) is 30.3 Å². The molecule has 2 aromatic carbocycles. The maximum absolute atomic E-state index is 11.0. The van der Waals surface area contributed by atoms with E-state index in [1.165, 1.54) is 17.3 Å². The molecule has 0 bridgehead atoms. The van der Waals surface area contributed by atoms with Crippen LogP contribution in [0.4, 0.5) is 0 Å². The van der Waals surface area contributed by atoms with Gasteiger partial charge in [-0.25, -0.2) is 4.98 Å². The summed E-state index contributed by atoms with van der Waals surface area (Å²) in [6.45, 7) is 6.56. The largest absolute Gasteiger partial charge is 0.481 e. The molecule has 134 valence electrons. The predicted octanol–water partition coefficient (Wildman–Crippen LogP) is 5.91. The van der Waals surface area contributed by atoms with Gasteiger partial charge in [0.15, 0.2) is 0 Å². The number of carboxylic acid groups (broad SMARTS) is 1. The summed E-state index contributed by atoms with van der Waals surface area (Å²) in [4.78, 5) is 16.6. The maximum Gasteiger partial charge on any atom is 0.313 e. The third-order valence-electron chi connectivity index (χ3n) is 3.93. The maximum atomic E-state index is 11.0. The molecule has 0 aliphatic rings. The van der Waals surface area contributed by atoms with Gasteiger partial charge in [-0.3, -0.25) is 4.79 Å². The summed E-state index contributed by atoms with van der Waals surface area (Å²) >= 11 is 2.90. The molecule has 3 aromatic rings. The topological polar surface area (TPSA) is 50.2 Å². The Morgan fingerprint density at radius 2 is 1.85 bits per heavy atom. The van der Waals surface area contributed by atoms with Gasteiger partial charge in [0.2, 0.25) is 0 Å². The summed E-state index contributed by atoms with van der Waals surface area (Å²) in [5.41, 5.74) is 3.37. The van der Waals surface area contributed by atoms with E-state index in [4.69, 9.17) is 5.11 Å². The van der Waals surface area contributed by atoms with Crippen LogP contribution < -0.4 is 0 Å². The van der Waals surface area contributed by atoms with E-state index in [-0.39, 0.29) is 11.2 Å². The van der Waals surface area contributed by atoms with Gasteiger partial charge in [-0.15, -0.1) is 23.1 Å². The molecule has 1 N–H and O–H groups in total. The number of benzene rings is 2. The van der Waals surface area contributed by atoms with E-state index in [2.05, 4.69) is 50.0 Å². The molecule has 0 aliphatic heterocycles. The number of aliphatic carboxylic acids is 1. The van der Waals surface area contributed by atoms with Gasteiger partial charge in [0, 0.05) is 4.91 Å². The molecule has 0 spiro atoms. The Kier molecular flexibility index (Phi) is 5.49. The van der Waals surface area contributed by atoms with Crippen LogP contribution in [0.15, 0.2) is 48.5 Å². The van der Waals surface area contributed by atoms with Crippen LogP contribution in [-0.4, -0.2) is 21.8 Å². The molecule has 1 heterocycles. The van der Waals surface area contributed by atoms with Crippen molar-refractivity contribution in [3.8, 4) is 0 Å². The highest BCUT2D eigenvalue weighted by Crippen LogP contribution is 2.35. The summed E-state index contributed by atoms with van der Waals surface area (Å²) in [5, 5.41) is 9.93. The summed E-state index contributed by atoms with van der Waals surface area (Å²) in [5.74, 6) is -0.813. The summed E-state index contributed by atoms with van der Waals surface area (Å²) < 4.78 is 1.10. The van der Waals surface area contributed by atoms with Crippen molar-refractivity contribution in [2.24, 2.45) is 0 Å². The molecule has 0 saturated carbocycles. The molecule has 5 heteroatoms. The molecule has 0 amide bonds. The zero-order valence-corrected chi connectivity index (χ0v) is 16.7. The van der Waals surface area contributed by atoms with Gasteiger partial charge in [0.1, 0.15) is 5.01 Å². The number of para-hydroxylation sites is 1. The van der Waals surface area contributed by atoms with Crippen molar-refractivity contribution in [3.05, 3.63) is 64.7 Å². The highest BCUT2D eigenvalue weighted by molar-refractivity contribution is 8.09. The Labute approximate surface area is 161 Å². The Hall–Kier alpha value is -2.11. The fourth-order valence-corrected chi connectivity index (χ4v) is 4.36. The average Bonchev–Trinajstić information content (AvgIpc) is 3.02. The first-order valence-corrected chi connectivity index (χ1v) is 10.2. The minimum Gasteiger partial charge on any atom is -0.481 e. The molecule has 0 aliphatic carbocycles. The van der Waals surface area contributed by atoms with Crippen molar-refractivity contribution in [1.29, 1.82) is 0 Å². The molecule has 0 unspecified atom stereocenters. The molecular weight excluding hydrogens is 362 g/mol. The number of hydrogen-bond acceptors (Lipinski definition) is 4. The number of thiazole rings is 1. The van der Waals surface area contributed by atoms with Gasteiger partial charge in [0.25, 0.3) is 0 Å². The minimum absolute atomic E-state index is 0.0157. The highest BCUT2D eigenvalue weighted by atomic mass is 32.2. The highest BCUT2D eigenvalue weighted by Gasteiger charge is 2.14. The Bertz CT molecular complexity index is 917. The van der Waals surface area contributed by atoms with Crippen LogP contribution in [0.3, 0.4) is 0 Å². The predicted molar refractivity (Wildman–Crippen MR) is 113 cm³/mol. The minimum atomic E-state index is -0.829. The van der Waals surface area contributed by atoms with Crippen molar-refractivity contribution >= 4 is 50.3 Å². The van der Waals surface area contributed by atoms with Crippen molar-refractivity contribution in [2.75, 3.05) is 5.75 Å². The normalized spacial score (nSPS) is 12.5. The van der Waals surface area contributed by atoms with Gasteiger partial charge in [-0.2, -0.15) is 0 Å². The lowest BCUT2D eigenvalue weighted by atomic mass is 9.87. The van der Waals surface area contributed by atoms with Crippen LogP contribution in [0.1, 0.15) is 36.9 Å².